The van der Waals surface area contributed by atoms with E-state index in [-0.39, 0.29) is 18.5 Å². The van der Waals surface area contributed by atoms with E-state index < -0.39 is 12.1 Å². The van der Waals surface area contributed by atoms with Gasteiger partial charge in [-0.1, -0.05) is 0 Å². The van der Waals surface area contributed by atoms with E-state index >= 15 is 0 Å². The molecule has 0 spiro atoms. The van der Waals surface area contributed by atoms with Gasteiger partial charge >= 0.3 is 6.18 Å². The Morgan fingerprint density at radius 1 is 1.56 bits per heavy atom. The summed E-state index contributed by atoms with van der Waals surface area (Å²) < 4.78 is 37.1. The van der Waals surface area contributed by atoms with Crippen molar-refractivity contribution in [1.29, 1.82) is 5.26 Å². The van der Waals surface area contributed by atoms with Crippen LogP contribution in [0.1, 0.15) is 13.3 Å². The Balaban J connectivity index is 2.48. The maximum absolute atomic E-state index is 12.4. The molecule has 1 aliphatic rings. The quantitative estimate of drug-likeness (QED) is 0.803. The van der Waals surface area contributed by atoms with Gasteiger partial charge in [-0.25, -0.2) is 0 Å². The largest absolute Gasteiger partial charge is 0.405 e. The zero-order valence-corrected chi connectivity index (χ0v) is 9.17. The minimum absolute atomic E-state index is 0.00331. The van der Waals surface area contributed by atoms with Crippen molar-refractivity contribution < 1.29 is 13.2 Å². The standard InChI is InChI=1S/C10H16F3N3/c1-7(15)8-2-3-16(5-8)6-9(4-14)10(11,12)13/h7-9H,2-3,5-6,15H2,1H3. The van der Waals surface area contributed by atoms with Gasteiger partial charge in [-0.15, -0.1) is 0 Å². The number of alkyl halides is 3. The third-order valence-corrected chi connectivity index (χ3v) is 3.04. The molecule has 0 saturated carbocycles. The number of rotatable bonds is 3. The molecule has 0 aromatic rings. The van der Waals surface area contributed by atoms with Crippen LogP contribution in [0.3, 0.4) is 0 Å². The van der Waals surface area contributed by atoms with Crippen LogP contribution in [-0.4, -0.2) is 36.8 Å². The predicted molar refractivity (Wildman–Crippen MR) is 53.4 cm³/mol. The second-order valence-corrected chi connectivity index (χ2v) is 4.39. The zero-order valence-electron chi connectivity index (χ0n) is 9.17. The molecule has 1 saturated heterocycles. The number of nitrogens with two attached hydrogens (primary N) is 1. The van der Waals surface area contributed by atoms with Crippen LogP contribution in [0.5, 0.6) is 0 Å². The highest BCUT2D eigenvalue weighted by Crippen LogP contribution is 2.28. The van der Waals surface area contributed by atoms with E-state index in [4.69, 9.17) is 11.0 Å². The van der Waals surface area contributed by atoms with Crippen molar-refractivity contribution in [2.75, 3.05) is 19.6 Å². The van der Waals surface area contributed by atoms with E-state index in [2.05, 4.69) is 0 Å². The van der Waals surface area contributed by atoms with Crippen LogP contribution in [-0.2, 0) is 0 Å². The average Bonchev–Trinajstić information content (AvgIpc) is 2.60. The molecule has 1 heterocycles. The number of hydrogen-bond acceptors (Lipinski definition) is 3. The second-order valence-electron chi connectivity index (χ2n) is 4.39. The van der Waals surface area contributed by atoms with E-state index in [9.17, 15) is 13.2 Å². The molecule has 1 aliphatic heterocycles. The predicted octanol–water partition coefficient (Wildman–Crippen LogP) is 1.36. The van der Waals surface area contributed by atoms with Gasteiger partial charge in [-0.3, -0.25) is 0 Å². The van der Waals surface area contributed by atoms with Gasteiger partial charge in [0.25, 0.3) is 0 Å². The Morgan fingerprint density at radius 3 is 2.56 bits per heavy atom. The molecule has 6 heteroatoms. The van der Waals surface area contributed by atoms with Gasteiger partial charge in [0, 0.05) is 19.1 Å². The Morgan fingerprint density at radius 2 is 2.19 bits per heavy atom. The molecule has 0 radical (unpaired) electrons. The number of hydrogen-bond donors (Lipinski definition) is 1. The molecule has 0 aromatic carbocycles. The first-order chi connectivity index (χ1) is 7.34. The molecule has 0 aliphatic carbocycles. The topological polar surface area (TPSA) is 53.0 Å². The fourth-order valence-corrected chi connectivity index (χ4v) is 1.93. The Labute approximate surface area is 93.0 Å². The third kappa shape index (κ3) is 3.35. The summed E-state index contributed by atoms with van der Waals surface area (Å²) in [6.07, 6.45) is -3.62. The molecule has 2 N–H and O–H groups in total. The molecule has 3 atom stereocenters. The smallest absolute Gasteiger partial charge is 0.328 e. The van der Waals surface area contributed by atoms with E-state index in [0.717, 1.165) is 6.42 Å². The summed E-state index contributed by atoms with van der Waals surface area (Å²) in [6.45, 7) is 2.79. The summed E-state index contributed by atoms with van der Waals surface area (Å²) in [5, 5.41) is 8.48. The van der Waals surface area contributed by atoms with E-state index in [1.807, 2.05) is 6.92 Å². The molecule has 92 valence electrons. The van der Waals surface area contributed by atoms with Crippen LogP contribution in [0.15, 0.2) is 0 Å². The molecule has 1 rings (SSSR count). The van der Waals surface area contributed by atoms with E-state index in [0.29, 0.717) is 13.1 Å². The van der Waals surface area contributed by atoms with Crippen LogP contribution in [0.4, 0.5) is 13.2 Å². The van der Waals surface area contributed by atoms with E-state index in [1.54, 1.807) is 4.90 Å². The molecule has 16 heavy (non-hydrogen) atoms. The fourth-order valence-electron chi connectivity index (χ4n) is 1.93. The lowest BCUT2D eigenvalue weighted by Crippen LogP contribution is -2.36. The first-order valence-electron chi connectivity index (χ1n) is 5.29. The van der Waals surface area contributed by atoms with Gasteiger partial charge in [0.1, 0.15) is 0 Å². The Kier molecular flexibility index (Phi) is 4.16. The zero-order chi connectivity index (χ0) is 12.3. The van der Waals surface area contributed by atoms with E-state index in [1.165, 1.54) is 6.07 Å². The van der Waals surface area contributed by atoms with Gasteiger partial charge < -0.3 is 10.6 Å². The van der Waals surface area contributed by atoms with Gasteiger partial charge in [0.15, 0.2) is 5.92 Å². The van der Waals surface area contributed by atoms with Crippen molar-refractivity contribution in [2.24, 2.45) is 17.6 Å². The summed E-state index contributed by atoms with van der Waals surface area (Å²) in [5.41, 5.74) is 5.70. The number of likely N-dealkylation sites (tertiary alicyclic amines) is 1. The van der Waals surface area contributed by atoms with Crippen LogP contribution in [0.2, 0.25) is 0 Å². The van der Waals surface area contributed by atoms with Gasteiger partial charge in [-0.05, 0) is 25.8 Å². The van der Waals surface area contributed by atoms with Crippen molar-refractivity contribution in [3.8, 4) is 6.07 Å². The number of nitriles is 1. The van der Waals surface area contributed by atoms with Crippen LogP contribution >= 0.6 is 0 Å². The normalized spacial score (nSPS) is 26.4. The summed E-state index contributed by atoms with van der Waals surface area (Å²) >= 11 is 0. The first kappa shape index (κ1) is 13.3. The van der Waals surface area contributed by atoms with Crippen molar-refractivity contribution in [2.45, 2.75) is 25.6 Å². The molecular weight excluding hydrogens is 219 g/mol. The fraction of sp³-hybridized carbons (Fsp3) is 0.900. The lowest BCUT2D eigenvalue weighted by Gasteiger charge is -2.21. The molecule has 0 bridgehead atoms. The van der Waals surface area contributed by atoms with Crippen molar-refractivity contribution in [1.82, 2.24) is 4.90 Å². The Bertz CT molecular complexity index is 269. The monoisotopic (exact) mass is 235 g/mol. The lowest BCUT2D eigenvalue weighted by atomic mass is 10.0. The maximum Gasteiger partial charge on any atom is 0.405 e. The molecule has 0 aromatic heterocycles. The third-order valence-electron chi connectivity index (χ3n) is 3.04. The molecule has 0 amide bonds. The van der Waals surface area contributed by atoms with Gasteiger partial charge in [0.2, 0.25) is 0 Å². The molecule has 3 unspecified atom stereocenters. The molecule has 1 fully saturated rings. The summed E-state index contributed by atoms with van der Waals surface area (Å²) in [4.78, 5) is 1.68. The highest BCUT2D eigenvalue weighted by molar-refractivity contribution is 4.92. The molecule has 3 nitrogen and oxygen atoms in total. The molecular formula is C10H16F3N3. The van der Waals surface area contributed by atoms with Crippen molar-refractivity contribution in [3.05, 3.63) is 0 Å². The average molecular weight is 235 g/mol. The van der Waals surface area contributed by atoms with Crippen LogP contribution < -0.4 is 5.73 Å². The van der Waals surface area contributed by atoms with Crippen molar-refractivity contribution in [3.63, 3.8) is 0 Å². The van der Waals surface area contributed by atoms with Crippen LogP contribution in [0, 0.1) is 23.2 Å². The number of nitrogens with zero attached hydrogens (tertiary/aromatic N) is 2. The number of halogens is 3. The minimum Gasteiger partial charge on any atom is -0.328 e. The first-order valence-corrected chi connectivity index (χ1v) is 5.29. The summed E-state index contributed by atoms with van der Waals surface area (Å²) in [6, 6.07) is 1.31. The summed E-state index contributed by atoms with van der Waals surface area (Å²) in [7, 11) is 0. The second kappa shape index (κ2) is 5.02. The maximum atomic E-state index is 12.4. The van der Waals surface area contributed by atoms with Crippen molar-refractivity contribution >= 4 is 0 Å². The van der Waals surface area contributed by atoms with Gasteiger partial charge in [-0.2, -0.15) is 18.4 Å². The highest BCUT2D eigenvalue weighted by Gasteiger charge is 2.41. The summed E-state index contributed by atoms with van der Waals surface area (Å²) in [5.74, 6) is -1.65. The van der Waals surface area contributed by atoms with Crippen LogP contribution in [0.25, 0.3) is 0 Å². The SMILES string of the molecule is CC(N)C1CCN(CC(C#N)C(F)(F)F)C1. The Hall–Kier alpha value is -0.800. The minimum atomic E-state index is -4.43. The lowest BCUT2D eigenvalue weighted by molar-refractivity contribution is -0.162. The van der Waals surface area contributed by atoms with Gasteiger partial charge in [0.05, 0.1) is 6.07 Å². The highest BCUT2D eigenvalue weighted by atomic mass is 19.4.